The second-order valence-electron chi connectivity index (χ2n) is 5.32. The molecule has 3 heteroatoms. The van der Waals surface area contributed by atoms with Crippen LogP contribution in [0.1, 0.15) is 36.4 Å². The number of aryl methyl sites for hydroxylation is 1. The third-order valence-corrected chi connectivity index (χ3v) is 4.15. The van der Waals surface area contributed by atoms with E-state index in [2.05, 4.69) is 11.1 Å². The zero-order chi connectivity index (χ0) is 11.7. The van der Waals surface area contributed by atoms with Crippen molar-refractivity contribution in [3.8, 4) is 0 Å². The molecule has 3 nitrogen and oxygen atoms in total. The first-order chi connectivity index (χ1) is 8.34. The first-order valence-electron chi connectivity index (χ1n) is 6.61. The summed E-state index contributed by atoms with van der Waals surface area (Å²) in [5.41, 5.74) is 9.03. The molecule has 2 aliphatic rings. The van der Waals surface area contributed by atoms with Crippen LogP contribution in [0.2, 0.25) is 0 Å². The van der Waals surface area contributed by atoms with Crippen LogP contribution >= 0.6 is 0 Å². The van der Waals surface area contributed by atoms with Crippen molar-refractivity contribution in [3.05, 3.63) is 29.6 Å². The average molecular weight is 232 g/mol. The number of hydrogen-bond acceptors (Lipinski definition) is 3. The van der Waals surface area contributed by atoms with Crippen LogP contribution in [0.5, 0.6) is 0 Å². The smallest absolute Gasteiger partial charge is 0.0495 e. The Morgan fingerprint density at radius 1 is 1.47 bits per heavy atom. The average Bonchev–Trinajstić information content (AvgIpc) is 2.96. The lowest BCUT2D eigenvalue weighted by molar-refractivity contribution is 0.181. The predicted octanol–water partition coefficient (Wildman–Crippen LogP) is 1.87. The van der Waals surface area contributed by atoms with Gasteiger partial charge in [0.2, 0.25) is 0 Å². The number of aromatic nitrogens is 1. The van der Waals surface area contributed by atoms with Gasteiger partial charge in [-0.25, -0.2) is 0 Å². The molecule has 3 rings (SSSR count). The van der Waals surface area contributed by atoms with E-state index < -0.39 is 0 Å². The largest absolute Gasteiger partial charge is 0.381 e. The van der Waals surface area contributed by atoms with Gasteiger partial charge in [-0.05, 0) is 43.2 Å². The molecule has 1 aromatic heterocycles. The lowest BCUT2D eigenvalue weighted by Gasteiger charge is -2.21. The first kappa shape index (κ1) is 11.2. The molecule has 0 amide bonds. The van der Waals surface area contributed by atoms with Crippen LogP contribution in [0, 0.1) is 5.92 Å². The fourth-order valence-electron chi connectivity index (χ4n) is 3.18. The van der Waals surface area contributed by atoms with Gasteiger partial charge in [0.1, 0.15) is 0 Å². The minimum atomic E-state index is 0.248. The van der Waals surface area contributed by atoms with E-state index >= 15 is 0 Å². The quantitative estimate of drug-likeness (QED) is 0.865. The zero-order valence-electron chi connectivity index (χ0n) is 10.1. The highest BCUT2D eigenvalue weighted by Gasteiger charge is 2.31. The van der Waals surface area contributed by atoms with E-state index in [0.717, 1.165) is 26.1 Å². The summed E-state index contributed by atoms with van der Waals surface area (Å²) in [6, 6.07) is 4.46. The lowest BCUT2D eigenvalue weighted by Crippen LogP contribution is -2.30. The normalized spacial score (nSPS) is 29.2. The molecule has 1 aliphatic carbocycles. The molecule has 2 N–H and O–H groups in total. The Hall–Kier alpha value is -0.930. The van der Waals surface area contributed by atoms with Gasteiger partial charge >= 0.3 is 0 Å². The van der Waals surface area contributed by atoms with Crippen molar-refractivity contribution < 1.29 is 4.74 Å². The second kappa shape index (κ2) is 4.75. The van der Waals surface area contributed by atoms with Gasteiger partial charge in [0.25, 0.3) is 0 Å². The summed E-state index contributed by atoms with van der Waals surface area (Å²) >= 11 is 0. The van der Waals surface area contributed by atoms with Crippen LogP contribution in [0.4, 0.5) is 0 Å². The fourth-order valence-corrected chi connectivity index (χ4v) is 3.18. The van der Waals surface area contributed by atoms with Gasteiger partial charge < -0.3 is 10.5 Å². The highest BCUT2D eigenvalue weighted by Crippen LogP contribution is 2.35. The van der Waals surface area contributed by atoms with E-state index in [1.165, 1.54) is 24.1 Å². The Bertz CT molecular complexity index is 388. The van der Waals surface area contributed by atoms with E-state index in [9.17, 15) is 0 Å². The molecule has 3 atom stereocenters. The number of nitrogens with zero attached hydrogens (tertiary/aromatic N) is 1. The fraction of sp³-hybridized carbons (Fsp3) is 0.643. The molecule has 0 radical (unpaired) electrons. The van der Waals surface area contributed by atoms with Crippen molar-refractivity contribution in [2.75, 3.05) is 13.2 Å². The predicted molar refractivity (Wildman–Crippen MR) is 66.8 cm³/mol. The third kappa shape index (κ3) is 2.22. The lowest BCUT2D eigenvalue weighted by atomic mass is 9.89. The minimum absolute atomic E-state index is 0.248. The molecule has 1 aromatic rings. The molecule has 0 aromatic carbocycles. The molecular formula is C14H20N2O. The maximum atomic E-state index is 6.38. The molecule has 1 fully saturated rings. The monoisotopic (exact) mass is 232 g/mol. The Morgan fingerprint density at radius 2 is 2.41 bits per heavy atom. The van der Waals surface area contributed by atoms with E-state index in [4.69, 9.17) is 10.5 Å². The number of pyridine rings is 1. The number of nitrogens with two attached hydrogens (primary N) is 1. The Morgan fingerprint density at radius 3 is 3.24 bits per heavy atom. The molecule has 0 bridgehead atoms. The summed E-state index contributed by atoms with van der Waals surface area (Å²) in [4.78, 5) is 4.53. The van der Waals surface area contributed by atoms with Gasteiger partial charge in [0.15, 0.2) is 0 Å². The molecule has 0 spiro atoms. The van der Waals surface area contributed by atoms with Crippen LogP contribution in [0.15, 0.2) is 18.3 Å². The molecule has 92 valence electrons. The van der Waals surface area contributed by atoms with Crippen LogP contribution in [0.25, 0.3) is 0 Å². The van der Waals surface area contributed by atoms with Crippen molar-refractivity contribution in [1.82, 2.24) is 4.98 Å². The summed E-state index contributed by atoms with van der Waals surface area (Å²) in [6.07, 6.45) is 6.46. The highest BCUT2D eigenvalue weighted by atomic mass is 16.5. The number of hydrogen-bond donors (Lipinski definition) is 1. The number of fused-ring (bicyclic) bond motifs is 1. The Labute approximate surface area is 102 Å². The van der Waals surface area contributed by atoms with Crippen molar-refractivity contribution in [2.24, 2.45) is 11.7 Å². The Balaban J connectivity index is 1.68. The summed E-state index contributed by atoms with van der Waals surface area (Å²) in [5.74, 6) is 1.13. The molecule has 0 saturated carbocycles. The van der Waals surface area contributed by atoms with Gasteiger partial charge in [0.05, 0.1) is 0 Å². The number of rotatable bonds is 3. The summed E-state index contributed by atoms with van der Waals surface area (Å²) in [7, 11) is 0. The minimum Gasteiger partial charge on any atom is -0.381 e. The Kier molecular flexibility index (Phi) is 3.12. The van der Waals surface area contributed by atoms with E-state index in [-0.39, 0.29) is 6.04 Å². The number of ether oxygens (including phenoxy) is 1. The van der Waals surface area contributed by atoms with Crippen LogP contribution in [0.3, 0.4) is 0 Å². The molecule has 1 saturated heterocycles. The van der Waals surface area contributed by atoms with Crippen LogP contribution < -0.4 is 5.73 Å². The molecule has 3 unspecified atom stereocenters. The summed E-state index contributed by atoms with van der Waals surface area (Å²) in [5, 5.41) is 0. The molecule has 1 aliphatic heterocycles. The SMILES string of the molecule is NC(CC1CCOC1)C1CCc2cccnc21. The van der Waals surface area contributed by atoms with Gasteiger partial charge in [-0.1, -0.05) is 6.07 Å². The first-order valence-corrected chi connectivity index (χ1v) is 6.61. The second-order valence-corrected chi connectivity index (χ2v) is 5.32. The van der Waals surface area contributed by atoms with E-state index in [0.29, 0.717) is 11.8 Å². The molecule has 17 heavy (non-hydrogen) atoms. The van der Waals surface area contributed by atoms with E-state index in [1.807, 2.05) is 12.3 Å². The standard InChI is InChI=1S/C14H20N2O/c15-13(8-10-5-7-17-9-10)12-4-3-11-2-1-6-16-14(11)12/h1-2,6,10,12-13H,3-5,7-9,15H2. The third-order valence-electron chi connectivity index (χ3n) is 4.15. The van der Waals surface area contributed by atoms with Gasteiger partial charge in [-0.2, -0.15) is 0 Å². The van der Waals surface area contributed by atoms with Crippen molar-refractivity contribution in [2.45, 2.75) is 37.6 Å². The summed E-state index contributed by atoms with van der Waals surface area (Å²) in [6.45, 7) is 1.81. The maximum absolute atomic E-state index is 6.38. The van der Waals surface area contributed by atoms with Gasteiger partial charge in [0, 0.05) is 37.1 Å². The zero-order valence-corrected chi connectivity index (χ0v) is 10.1. The van der Waals surface area contributed by atoms with Crippen molar-refractivity contribution in [1.29, 1.82) is 0 Å². The van der Waals surface area contributed by atoms with Crippen LogP contribution in [-0.2, 0) is 11.2 Å². The van der Waals surface area contributed by atoms with E-state index in [1.54, 1.807) is 0 Å². The topological polar surface area (TPSA) is 48.1 Å². The van der Waals surface area contributed by atoms with Crippen LogP contribution in [-0.4, -0.2) is 24.2 Å². The van der Waals surface area contributed by atoms with Gasteiger partial charge in [-0.3, -0.25) is 4.98 Å². The highest BCUT2D eigenvalue weighted by molar-refractivity contribution is 5.29. The maximum Gasteiger partial charge on any atom is 0.0495 e. The molecule has 2 heterocycles. The summed E-state index contributed by atoms with van der Waals surface area (Å²) < 4.78 is 5.42. The van der Waals surface area contributed by atoms with Crippen molar-refractivity contribution >= 4 is 0 Å². The van der Waals surface area contributed by atoms with Crippen molar-refractivity contribution in [3.63, 3.8) is 0 Å². The molecular weight excluding hydrogens is 212 g/mol. The van der Waals surface area contributed by atoms with Gasteiger partial charge in [-0.15, -0.1) is 0 Å².